The first-order chi connectivity index (χ1) is 11.6. The van der Waals surface area contributed by atoms with Gasteiger partial charge in [0.1, 0.15) is 12.4 Å². The van der Waals surface area contributed by atoms with Crippen LogP contribution in [0.2, 0.25) is 0 Å². The molecule has 0 saturated heterocycles. The summed E-state index contributed by atoms with van der Waals surface area (Å²) in [6.07, 6.45) is 3.52. The third-order valence-corrected chi connectivity index (χ3v) is 3.30. The molecule has 2 aromatic rings. The number of amides is 1. The number of carbonyl (C=O) groups is 1. The first-order valence-electron chi connectivity index (χ1n) is 7.52. The van der Waals surface area contributed by atoms with Crippen LogP contribution in [0.3, 0.4) is 0 Å². The van der Waals surface area contributed by atoms with Crippen molar-refractivity contribution in [2.75, 3.05) is 18.0 Å². The molecule has 0 aliphatic carbocycles. The molecule has 0 spiro atoms. The van der Waals surface area contributed by atoms with Gasteiger partial charge >= 0.3 is 6.09 Å². The van der Waals surface area contributed by atoms with Crippen LogP contribution in [0, 0.1) is 5.82 Å². The van der Waals surface area contributed by atoms with Crippen molar-refractivity contribution in [2.24, 2.45) is 0 Å². The smallest absolute Gasteiger partial charge is 0.407 e. The number of anilines is 2. The molecule has 0 radical (unpaired) electrons. The topological polar surface area (TPSA) is 90.4 Å². The maximum Gasteiger partial charge on any atom is 0.407 e. The standard InChI is InChI=1S/C18H20FN3O2/c19-15-10-14(17(21)16(20)11-15)8-4-5-9-22-18(23)24-12-13-6-2-1-3-7-13/h1-4,6-8,10-11H,5,9,12,20-21H2,(H,22,23). The average Bonchev–Trinajstić information content (AvgIpc) is 2.57. The summed E-state index contributed by atoms with van der Waals surface area (Å²) in [5, 5.41) is 2.63. The number of nitrogens with two attached hydrogens (primary N) is 2. The Labute approximate surface area is 140 Å². The minimum absolute atomic E-state index is 0.206. The van der Waals surface area contributed by atoms with Gasteiger partial charge in [0.15, 0.2) is 0 Å². The number of carbonyl (C=O) groups excluding carboxylic acids is 1. The van der Waals surface area contributed by atoms with Crippen LogP contribution in [-0.4, -0.2) is 12.6 Å². The van der Waals surface area contributed by atoms with Crippen LogP contribution >= 0.6 is 0 Å². The van der Waals surface area contributed by atoms with Gasteiger partial charge in [-0.1, -0.05) is 42.5 Å². The molecule has 24 heavy (non-hydrogen) atoms. The quantitative estimate of drug-likeness (QED) is 0.560. The first-order valence-corrected chi connectivity index (χ1v) is 7.52. The van der Waals surface area contributed by atoms with Crippen molar-refractivity contribution in [3.63, 3.8) is 0 Å². The Kier molecular flexibility index (Phi) is 6.19. The maximum absolute atomic E-state index is 13.3. The second-order valence-corrected chi connectivity index (χ2v) is 5.18. The number of alkyl carbamates (subject to hydrolysis) is 1. The normalized spacial score (nSPS) is 10.7. The molecule has 0 atom stereocenters. The average molecular weight is 329 g/mol. The third-order valence-electron chi connectivity index (χ3n) is 3.30. The van der Waals surface area contributed by atoms with Crippen molar-refractivity contribution in [3.05, 3.63) is 65.5 Å². The van der Waals surface area contributed by atoms with E-state index in [1.54, 1.807) is 12.2 Å². The summed E-state index contributed by atoms with van der Waals surface area (Å²) >= 11 is 0. The van der Waals surface area contributed by atoms with Gasteiger partial charge in [-0.05, 0) is 24.1 Å². The molecule has 0 unspecified atom stereocenters. The van der Waals surface area contributed by atoms with Gasteiger partial charge in [0, 0.05) is 12.1 Å². The van der Waals surface area contributed by atoms with E-state index in [-0.39, 0.29) is 12.3 Å². The van der Waals surface area contributed by atoms with Crippen LogP contribution < -0.4 is 16.8 Å². The van der Waals surface area contributed by atoms with E-state index in [2.05, 4.69) is 5.32 Å². The maximum atomic E-state index is 13.3. The molecular formula is C18H20FN3O2. The van der Waals surface area contributed by atoms with Crippen LogP contribution in [0.4, 0.5) is 20.6 Å². The summed E-state index contributed by atoms with van der Waals surface area (Å²) in [6, 6.07) is 11.9. The fourth-order valence-electron chi connectivity index (χ4n) is 2.04. The number of hydrogen-bond acceptors (Lipinski definition) is 4. The number of benzene rings is 2. The van der Waals surface area contributed by atoms with Gasteiger partial charge in [0.2, 0.25) is 0 Å². The summed E-state index contributed by atoms with van der Waals surface area (Å²) in [7, 11) is 0. The summed E-state index contributed by atoms with van der Waals surface area (Å²) in [5.41, 5.74) is 13.4. The molecule has 2 rings (SSSR count). The SMILES string of the molecule is Nc1cc(F)cc(C=CCCNC(=O)OCc2ccccc2)c1N. The number of halogens is 1. The van der Waals surface area contributed by atoms with E-state index in [0.29, 0.717) is 24.2 Å². The second-order valence-electron chi connectivity index (χ2n) is 5.18. The fraction of sp³-hybridized carbons (Fsp3) is 0.167. The lowest BCUT2D eigenvalue weighted by Crippen LogP contribution is -2.24. The molecule has 6 heteroatoms. The Morgan fingerprint density at radius 1 is 1.21 bits per heavy atom. The molecule has 0 aromatic heterocycles. The lowest BCUT2D eigenvalue weighted by Gasteiger charge is -2.06. The van der Waals surface area contributed by atoms with Crippen molar-refractivity contribution in [3.8, 4) is 0 Å². The molecule has 2 aromatic carbocycles. The molecule has 0 saturated carbocycles. The van der Waals surface area contributed by atoms with Crippen molar-refractivity contribution in [1.82, 2.24) is 5.32 Å². The molecule has 5 N–H and O–H groups in total. The highest BCUT2D eigenvalue weighted by Crippen LogP contribution is 2.22. The van der Waals surface area contributed by atoms with Crippen LogP contribution in [0.15, 0.2) is 48.5 Å². The lowest BCUT2D eigenvalue weighted by molar-refractivity contribution is 0.140. The molecule has 5 nitrogen and oxygen atoms in total. The summed E-state index contributed by atoms with van der Waals surface area (Å²) < 4.78 is 18.4. The van der Waals surface area contributed by atoms with Gasteiger partial charge < -0.3 is 21.5 Å². The van der Waals surface area contributed by atoms with Crippen LogP contribution in [0.25, 0.3) is 6.08 Å². The molecule has 0 heterocycles. The van der Waals surface area contributed by atoms with E-state index in [0.717, 1.165) is 5.56 Å². The molecule has 126 valence electrons. The lowest BCUT2D eigenvalue weighted by atomic mass is 10.1. The van der Waals surface area contributed by atoms with Gasteiger partial charge in [-0.15, -0.1) is 0 Å². The highest BCUT2D eigenvalue weighted by atomic mass is 19.1. The molecular weight excluding hydrogens is 309 g/mol. The Hall–Kier alpha value is -3.02. The van der Waals surface area contributed by atoms with Gasteiger partial charge in [0.05, 0.1) is 11.4 Å². The van der Waals surface area contributed by atoms with E-state index in [9.17, 15) is 9.18 Å². The minimum Gasteiger partial charge on any atom is -0.445 e. The van der Waals surface area contributed by atoms with Crippen molar-refractivity contribution in [1.29, 1.82) is 0 Å². The first kappa shape index (κ1) is 17.3. The molecule has 1 amide bonds. The molecule has 0 fully saturated rings. The second kappa shape index (κ2) is 8.57. The van der Waals surface area contributed by atoms with E-state index >= 15 is 0 Å². The molecule has 0 aliphatic rings. The van der Waals surface area contributed by atoms with Gasteiger partial charge in [0.25, 0.3) is 0 Å². The van der Waals surface area contributed by atoms with E-state index in [1.807, 2.05) is 30.3 Å². The Morgan fingerprint density at radius 3 is 2.71 bits per heavy atom. The number of rotatable bonds is 6. The van der Waals surface area contributed by atoms with Gasteiger partial charge in [-0.2, -0.15) is 0 Å². The number of hydrogen-bond donors (Lipinski definition) is 3. The van der Waals surface area contributed by atoms with Gasteiger partial charge in [-0.25, -0.2) is 9.18 Å². The zero-order valence-corrected chi connectivity index (χ0v) is 13.2. The summed E-state index contributed by atoms with van der Waals surface area (Å²) in [6.45, 7) is 0.621. The Balaban J connectivity index is 1.72. The van der Waals surface area contributed by atoms with Gasteiger partial charge in [-0.3, -0.25) is 0 Å². The van der Waals surface area contributed by atoms with Crippen molar-refractivity contribution >= 4 is 23.5 Å². The largest absolute Gasteiger partial charge is 0.445 e. The van der Waals surface area contributed by atoms with E-state index in [1.165, 1.54) is 12.1 Å². The number of nitrogens with one attached hydrogen (secondary N) is 1. The number of ether oxygens (including phenoxy) is 1. The van der Waals surface area contributed by atoms with Crippen LogP contribution in [0.1, 0.15) is 17.5 Å². The fourth-order valence-corrected chi connectivity index (χ4v) is 2.04. The molecule has 0 bridgehead atoms. The summed E-state index contributed by atoms with van der Waals surface area (Å²) in [4.78, 5) is 11.5. The molecule has 0 aliphatic heterocycles. The monoisotopic (exact) mass is 329 g/mol. The summed E-state index contributed by atoms with van der Waals surface area (Å²) in [5.74, 6) is -0.441. The highest BCUT2D eigenvalue weighted by molar-refractivity contribution is 5.75. The van der Waals surface area contributed by atoms with Crippen LogP contribution in [-0.2, 0) is 11.3 Å². The number of nitrogen functional groups attached to an aromatic ring is 2. The minimum atomic E-state index is -0.484. The predicted octanol–water partition coefficient (Wildman–Crippen LogP) is 3.32. The predicted molar refractivity (Wildman–Crippen MR) is 93.5 cm³/mol. The zero-order valence-electron chi connectivity index (χ0n) is 13.2. The Morgan fingerprint density at radius 2 is 1.96 bits per heavy atom. The zero-order chi connectivity index (χ0) is 17.4. The van der Waals surface area contributed by atoms with Crippen molar-refractivity contribution < 1.29 is 13.9 Å². The Bertz CT molecular complexity index is 718. The van der Waals surface area contributed by atoms with Crippen molar-refractivity contribution in [2.45, 2.75) is 13.0 Å². The third kappa shape index (κ3) is 5.31. The van der Waals surface area contributed by atoms with Crippen LogP contribution in [0.5, 0.6) is 0 Å². The van der Waals surface area contributed by atoms with E-state index in [4.69, 9.17) is 16.2 Å². The van der Waals surface area contributed by atoms with E-state index < -0.39 is 11.9 Å². The highest BCUT2D eigenvalue weighted by Gasteiger charge is 2.03.